The van der Waals surface area contributed by atoms with Gasteiger partial charge in [0.25, 0.3) is 0 Å². The van der Waals surface area contributed by atoms with E-state index in [4.69, 9.17) is 5.73 Å². The Kier molecular flexibility index (Phi) is 24.4. The molecule has 0 unspecified atom stereocenters. The van der Waals surface area contributed by atoms with Crippen LogP contribution in [0.15, 0.2) is 29.3 Å². The Labute approximate surface area is 211 Å². The Morgan fingerprint density at radius 3 is 2.19 bits per heavy atom. The SMILES string of the molecule is Cl.Cl.Cl.Cl.NCCCNC[C@H](O)[C@H](O)CNCCCN=C1CCCc2ccccc2N1. The van der Waals surface area contributed by atoms with Crippen molar-refractivity contribution in [1.82, 2.24) is 10.6 Å². The van der Waals surface area contributed by atoms with Gasteiger partial charge in [-0.05, 0) is 56.9 Å². The lowest BCUT2D eigenvalue weighted by molar-refractivity contribution is 0.0211. The van der Waals surface area contributed by atoms with Crippen molar-refractivity contribution in [1.29, 1.82) is 0 Å². The Balaban J connectivity index is -0.00000196. The average Bonchev–Trinajstić information content (AvgIpc) is 2.89. The number of hydrogen-bond donors (Lipinski definition) is 6. The number of rotatable bonds is 12. The van der Waals surface area contributed by atoms with Crippen LogP contribution < -0.4 is 21.7 Å². The fourth-order valence-corrected chi connectivity index (χ4v) is 3.06. The second kappa shape index (κ2) is 21.5. The van der Waals surface area contributed by atoms with Crippen LogP contribution in [0.2, 0.25) is 0 Å². The van der Waals surface area contributed by atoms with Crippen LogP contribution in [-0.4, -0.2) is 67.5 Å². The molecule has 31 heavy (non-hydrogen) atoms. The summed E-state index contributed by atoms with van der Waals surface area (Å²) in [5.41, 5.74) is 7.94. The van der Waals surface area contributed by atoms with Crippen LogP contribution >= 0.6 is 49.6 Å². The Morgan fingerprint density at radius 1 is 0.935 bits per heavy atom. The number of benzene rings is 1. The minimum atomic E-state index is -0.776. The van der Waals surface area contributed by atoms with Crippen LogP contribution in [0.3, 0.4) is 0 Å². The summed E-state index contributed by atoms with van der Waals surface area (Å²) < 4.78 is 0. The molecule has 2 rings (SSSR count). The molecule has 0 aliphatic carbocycles. The first-order valence-electron chi connectivity index (χ1n) is 10.1. The lowest BCUT2D eigenvalue weighted by Gasteiger charge is -2.18. The molecule has 11 heteroatoms. The lowest BCUT2D eigenvalue weighted by atomic mass is 10.1. The molecular weight excluding hydrogens is 484 g/mol. The van der Waals surface area contributed by atoms with Crippen LogP contribution in [0.5, 0.6) is 0 Å². The smallest absolute Gasteiger partial charge is 0.101 e. The van der Waals surface area contributed by atoms with E-state index in [0.29, 0.717) is 19.6 Å². The third kappa shape index (κ3) is 14.4. The Morgan fingerprint density at radius 2 is 1.55 bits per heavy atom. The number of nitrogens with one attached hydrogen (secondary N) is 3. The fraction of sp³-hybridized carbons (Fsp3) is 0.650. The molecule has 1 aromatic rings. The summed E-state index contributed by atoms with van der Waals surface area (Å²) in [4.78, 5) is 4.69. The molecule has 0 aromatic heterocycles. The summed E-state index contributed by atoms with van der Waals surface area (Å²) in [7, 11) is 0. The van der Waals surface area contributed by atoms with Gasteiger partial charge in [0.05, 0.1) is 12.2 Å². The van der Waals surface area contributed by atoms with Crippen molar-refractivity contribution in [3.05, 3.63) is 29.8 Å². The normalized spacial score (nSPS) is 15.5. The highest BCUT2D eigenvalue weighted by molar-refractivity contribution is 5.96. The molecule has 1 heterocycles. The van der Waals surface area contributed by atoms with Gasteiger partial charge in [-0.1, -0.05) is 18.2 Å². The molecule has 0 amide bonds. The van der Waals surface area contributed by atoms with Gasteiger partial charge in [0.1, 0.15) is 5.84 Å². The molecule has 1 aliphatic heterocycles. The summed E-state index contributed by atoms with van der Waals surface area (Å²) in [6.07, 6.45) is 3.39. The predicted molar refractivity (Wildman–Crippen MR) is 140 cm³/mol. The molecule has 184 valence electrons. The van der Waals surface area contributed by atoms with E-state index in [1.807, 2.05) is 6.07 Å². The molecule has 0 saturated heterocycles. The number of aliphatic imine (C=N–C) groups is 1. The summed E-state index contributed by atoms with van der Waals surface area (Å²) in [6.45, 7) is 3.64. The van der Waals surface area contributed by atoms with E-state index in [9.17, 15) is 10.2 Å². The van der Waals surface area contributed by atoms with Crippen LogP contribution in [0, 0.1) is 0 Å². The van der Waals surface area contributed by atoms with Crippen molar-refractivity contribution in [2.45, 2.75) is 44.3 Å². The highest BCUT2D eigenvalue weighted by Crippen LogP contribution is 2.21. The number of halogens is 4. The topological polar surface area (TPSA) is 115 Å². The predicted octanol–water partition coefficient (Wildman–Crippen LogP) is 2.16. The first-order valence-corrected chi connectivity index (χ1v) is 10.1. The van der Waals surface area contributed by atoms with Gasteiger partial charge in [0, 0.05) is 31.7 Å². The monoisotopic (exact) mass is 521 g/mol. The van der Waals surface area contributed by atoms with Gasteiger partial charge < -0.3 is 31.9 Å². The van der Waals surface area contributed by atoms with Crippen LogP contribution in [0.25, 0.3) is 0 Å². The molecule has 0 spiro atoms. The summed E-state index contributed by atoms with van der Waals surface area (Å²) in [5, 5.41) is 29.6. The molecule has 0 radical (unpaired) electrons. The van der Waals surface area contributed by atoms with Crippen LogP contribution in [0.1, 0.15) is 31.2 Å². The van der Waals surface area contributed by atoms with Gasteiger partial charge in [-0.3, -0.25) is 4.99 Å². The van der Waals surface area contributed by atoms with Gasteiger partial charge >= 0.3 is 0 Å². The molecule has 7 N–H and O–H groups in total. The zero-order chi connectivity index (χ0) is 19.3. The Hall–Kier alpha value is -0.350. The summed E-state index contributed by atoms with van der Waals surface area (Å²) >= 11 is 0. The standard InChI is InChI=1S/C20H35N5O2.4ClH/c21-10-4-11-22-14-18(26)19(27)15-23-12-5-13-24-20-9-3-7-16-6-1-2-8-17(16)25-20;;;;/h1-2,6,8,18-19,22-23,26-27H,3-5,7,9-15,21H2,(H,24,25);4*1H/t18-,19+;;;;/m0..../s1. The number of para-hydroxylation sites is 1. The highest BCUT2D eigenvalue weighted by Gasteiger charge is 2.15. The second-order valence-electron chi connectivity index (χ2n) is 7.00. The minimum Gasteiger partial charge on any atom is -0.389 e. The third-order valence-corrected chi connectivity index (χ3v) is 4.68. The zero-order valence-electron chi connectivity index (χ0n) is 17.8. The van der Waals surface area contributed by atoms with Gasteiger partial charge in [0.15, 0.2) is 0 Å². The van der Waals surface area contributed by atoms with Crippen molar-refractivity contribution in [3.8, 4) is 0 Å². The quantitative estimate of drug-likeness (QED) is 0.234. The van der Waals surface area contributed by atoms with Gasteiger partial charge in [-0.2, -0.15) is 0 Å². The van der Waals surface area contributed by atoms with E-state index in [1.165, 1.54) is 11.3 Å². The van der Waals surface area contributed by atoms with Crippen molar-refractivity contribution >= 4 is 61.2 Å². The highest BCUT2D eigenvalue weighted by atomic mass is 35.5. The molecule has 1 aliphatic rings. The molecule has 0 fully saturated rings. The molecule has 2 atom stereocenters. The number of amidine groups is 1. The van der Waals surface area contributed by atoms with E-state index in [1.54, 1.807) is 0 Å². The van der Waals surface area contributed by atoms with E-state index in [2.05, 4.69) is 39.1 Å². The molecule has 7 nitrogen and oxygen atoms in total. The number of aryl methyl sites for hydroxylation is 1. The third-order valence-electron chi connectivity index (χ3n) is 4.68. The van der Waals surface area contributed by atoms with Crippen molar-refractivity contribution in [2.24, 2.45) is 10.7 Å². The van der Waals surface area contributed by atoms with E-state index in [0.717, 1.165) is 57.6 Å². The number of nitrogens with two attached hydrogens (primary N) is 1. The maximum atomic E-state index is 9.94. The number of aliphatic hydroxyl groups is 2. The fourth-order valence-electron chi connectivity index (χ4n) is 3.06. The van der Waals surface area contributed by atoms with Crippen LogP contribution in [0.4, 0.5) is 5.69 Å². The van der Waals surface area contributed by atoms with Gasteiger partial charge in [0.2, 0.25) is 0 Å². The number of aliphatic hydroxyl groups excluding tert-OH is 2. The van der Waals surface area contributed by atoms with Crippen molar-refractivity contribution < 1.29 is 10.2 Å². The summed E-state index contributed by atoms with van der Waals surface area (Å²) in [6, 6.07) is 8.40. The largest absolute Gasteiger partial charge is 0.389 e. The number of hydrogen-bond acceptors (Lipinski definition) is 6. The van der Waals surface area contributed by atoms with Gasteiger partial charge in [-0.15, -0.1) is 49.6 Å². The molecule has 1 aromatic carbocycles. The number of anilines is 1. The van der Waals surface area contributed by atoms with E-state index < -0.39 is 12.2 Å². The first-order chi connectivity index (χ1) is 13.2. The molecule has 0 saturated carbocycles. The van der Waals surface area contributed by atoms with Crippen molar-refractivity contribution in [3.63, 3.8) is 0 Å². The second-order valence-corrected chi connectivity index (χ2v) is 7.00. The zero-order valence-corrected chi connectivity index (χ0v) is 21.1. The van der Waals surface area contributed by atoms with Gasteiger partial charge in [-0.25, -0.2) is 0 Å². The average molecular weight is 523 g/mol. The van der Waals surface area contributed by atoms with Crippen molar-refractivity contribution in [2.75, 3.05) is 44.6 Å². The maximum Gasteiger partial charge on any atom is 0.101 e. The van der Waals surface area contributed by atoms with Crippen LogP contribution in [-0.2, 0) is 6.42 Å². The molecular formula is C20H39Cl4N5O2. The van der Waals surface area contributed by atoms with E-state index >= 15 is 0 Å². The lowest BCUT2D eigenvalue weighted by Crippen LogP contribution is -2.42. The minimum absolute atomic E-state index is 0. The van der Waals surface area contributed by atoms with E-state index in [-0.39, 0.29) is 49.6 Å². The number of fused-ring (bicyclic) bond motifs is 1. The maximum absolute atomic E-state index is 9.94. The summed E-state index contributed by atoms with van der Waals surface area (Å²) in [5.74, 6) is 1.05. The number of nitrogens with zero attached hydrogens (tertiary/aromatic N) is 1. The molecule has 0 bridgehead atoms. The first kappa shape index (κ1) is 35.2. The Bertz CT molecular complexity index is 584.